The number of rotatable bonds is 26. The number of aromatic nitrogens is 15. The summed E-state index contributed by atoms with van der Waals surface area (Å²) >= 11 is 5.71. The van der Waals surface area contributed by atoms with Gasteiger partial charge in [0.1, 0.15) is 44.1 Å². The molecule has 2 atom stereocenters. The molecule has 726 valence electrons. The van der Waals surface area contributed by atoms with Gasteiger partial charge in [0.05, 0.1) is 39.7 Å². The van der Waals surface area contributed by atoms with E-state index in [9.17, 15) is 42.3 Å². The summed E-state index contributed by atoms with van der Waals surface area (Å²) in [4.78, 5) is 102. The van der Waals surface area contributed by atoms with Gasteiger partial charge in [-0.15, -0.1) is 0 Å². The number of likely N-dealkylation sites (tertiary alicyclic amines) is 2. The fourth-order valence-corrected chi connectivity index (χ4v) is 18.9. The predicted molar refractivity (Wildman–Crippen MR) is 560 cm³/mol. The molecule has 2 aliphatic heterocycles. The quantitative estimate of drug-likeness (QED) is 0.0367. The van der Waals surface area contributed by atoms with Gasteiger partial charge in [0, 0.05) is 170 Å². The number of nitrogens with zero attached hydrogens (tertiary/aromatic N) is 17. The van der Waals surface area contributed by atoms with Gasteiger partial charge in [-0.3, -0.25) is 60.8 Å². The number of likely N-dealkylation sites (N-methyl/N-ethyl adjacent to an activating group) is 1. The first-order valence-electron chi connectivity index (χ1n) is 47.6. The number of aryl methyl sites for hydroxylation is 1. The van der Waals surface area contributed by atoms with Gasteiger partial charge < -0.3 is 44.4 Å². The van der Waals surface area contributed by atoms with Crippen LogP contribution in [0.3, 0.4) is 0 Å². The molecule has 12 heterocycles. The van der Waals surface area contributed by atoms with Crippen LogP contribution >= 0.6 is 12.2 Å². The molecule has 0 aliphatic carbocycles. The molecular weight excluding hydrogens is 1790 g/mol. The highest BCUT2D eigenvalue weighted by atomic mass is 32.1. The number of anilines is 8. The van der Waals surface area contributed by atoms with Crippen LogP contribution in [-0.2, 0) is 86.5 Å². The van der Waals surface area contributed by atoms with Gasteiger partial charge in [-0.25, -0.2) is 32.6 Å². The van der Waals surface area contributed by atoms with Crippen LogP contribution in [0.1, 0.15) is 126 Å². The number of pyridine rings is 1. The van der Waals surface area contributed by atoms with Crippen LogP contribution in [0, 0.1) is 28.8 Å². The molecule has 0 spiro atoms. The molecule has 19 rings (SSSR count). The summed E-state index contributed by atoms with van der Waals surface area (Å²) in [5, 5.41) is 20.4. The molecule has 31 heteroatoms. The molecule has 2 unspecified atom stereocenters. The van der Waals surface area contributed by atoms with E-state index in [2.05, 4.69) is 133 Å². The van der Waals surface area contributed by atoms with Crippen molar-refractivity contribution in [3.63, 3.8) is 0 Å². The number of nitrogens with one attached hydrogen (secondary N) is 4. The van der Waals surface area contributed by atoms with E-state index in [0.717, 1.165) is 106 Å². The van der Waals surface area contributed by atoms with Crippen molar-refractivity contribution in [2.24, 2.45) is 45.4 Å². The molecule has 0 radical (unpaired) electrons. The summed E-state index contributed by atoms with van der Waals surface area (Å²) in [6.07, 6.45) is 17.8. The minimum absolute atomic E-state index is 0.0257. The van der Waals surface area contributed by atoms with Gasteiger partial charge in [-0.1, -0.05) is 200 Å². The summed E-state index contributed by atoms with van der Waals surface area (Å²) < 4.78 is 49.8. The van der Waals surface area contributed by atoms with Crippen LogP contribution in [0.15, 0.2) is 289 Å². The molecule has 2 aliphatic rings. The average molecular weight is 1910 g/mol. The van der Waals surface area contributed by atoms with Crippen molar-refractivity contribution < 1.29 is 8.78 Å². The lowest BCUT2D eigenvalue weighted by atomic mass is 9.97. The Balaban J connectivity index is 0.000000135. The largest absolute Gasteiger partial charge is 0.341 e. The summed E-state index contributed by atoms with van der Waals surface area (Å²) in [5.41, 5.74) is 11.5. The second-order valence-electron chi connectivity index (χ2n) is 38.9. The summed E-state index contributed by atoms with van der Waals surface area (Å²) in [5.74, 6) is 0.412. The molecule has 7 aromatic carbocycles. The number of hydrogen-bond donors (Lipinski definition) is 4. The smallest absolute Gasteiger partial charge is 0.331 e. The van der Waals surface area contributed by atoms with Crippen LogP contribution in [0.2, 0.25) is 0 Å². The number of para-hydroxylation sites is 4. The SMILES string of the molecule is CC(C)Cn1c(=O)n(C)c(=O)c2c(Nc3ccccc3)n(Cc3ccc(-n4cccn4)cc3)cc21.CC(C)Cn1c(=O)n(C)c(=S)c2c(Nc3ccccc3)n(Cc3ccc(C(C)(F)F)cc3)cc21.CN1CCCC1c1ccc(Cn2cc3c(c2Nc2ccccc2)c(=O)n(C)c(=O)n3CC(C)(C)C)cc1.Cc1ccc(Cn2cc3c(c2Nc2ccccc2)c(=O)n(C)c(=O)n3CC2CCCN2C)cn1. The van der Waals surface area contributed by atoms with E-state index in [1.54, 1.807) is 64.8 Å². The van der Waals surface area contributed by atoms with Crippen molar-refractivity contribution in [3.8, 4) is 5.69 Å². The number of halogens is 2. The molecule has 10 aromatic heterocycles. The first kappa shape index (κ1) is 98.2. The van der Waals surface area contributed by atoms with Crippen molar-refractivity contribution in [1.29, 1.82) is 0 Å². The predicted octanol–water partition coefficient (Wildman–Crippen LogP) is 18.8. The Morgan fingerprint density at radius 1 is 0.421 bits per heavy atom. The summed E-state index contributed by atoms with van der Waals surface area (Å²) in [7, 11) is 10.6. The van der Waals surface area contributed by atoms with Gasteiger partial charge in [-0.05, 0) is 178 Å². The molecule has 0 bridgehead atoms. The molecule has 4 N–H and O–H groups in total. The molecule has 2 fully saturated rings. The lowest BCUT2D eigenvalue weighted by Crippen LogP contribution is -2.41. The second kappa shape index (κ2) is 41.9. The van der Waals surface area contributed by atoms with Crippen LogP contribution < -0.4 is 60.7 Å². The van der Waals surface area contributed by atoms with E-state index in [-0.39, 0.29) is 68.3 Å². The molecule has 2 saturated heterocycles. The van der Waals surface area contributed by atoms with E-state index in [1.807, 2.05) is 226 Å². The minimum atomic E-state index is -2.89. The molecule has 0 saturated carbocycles. The third-order valence-electron chi connectivity index (χ3n) is 25.9. The highest BCUT2D eigenvalue weighted by Gasteiger charge is 2.31. The lowest BCUT2D eigenvalue weighted by Gasteiger charge is -2.21. The molecule has 140 heavy (non-hydrogen) atoms. The highest BCUT2D eigenvalue weighted by Crippen LogP contribution is 2.37. The van der Waals surface area contributed by atoms with Crippen LogP contribution in [0.4, 0.5) is 54.8 Å². The van der Waals surface area contributed by atoms with Gasteiger partial charge in [0.25, 0.3) is 22.6 Å². The fourth-order valence-electron chi connectivity index (χ4n) is 18.6. The molecule has 0 amide bonds. The van der Waals surface area contributed by atoms with Crippen molar-refractivity contribution in [3.05, 3.63) is 372 Å². The third kappa shape index (κ3) is 21.7. The van der Waals surface area contributed by atoms with Crippen LogP contribution in [-0.4, -0.2) is 113 Å². The first-order valence-corrected chi connectivity index (χ1v) is 48.0. The summed E-state index contributed by atoms with van der Waals surface area (Å²) in [6, 6.07) is 69.0. The topological polar surface area (TPSA) is 264 Å². The van der Waals surface area contributed by atoms with Crippen LogP contribution in [0.5, 0.6) is 0 Å². The Morgan fingerprint density at radius 3 is 1.18 bits per heavy atom. The normalized spacial score (nSPS) is 14.1. The van der Waals surface area contributed by atoms with E-state index in [4.69, 9.17) is 12.2 Å². The highest BCUT2D eigenvalue weighted by molar-refractivity contribution is 7.71. The first-order chi connectivity index (χ1) is 67.0. The lowest BCUT2D eigenvalue weighted by molar-refractivity contribution is 0.0174. The molecule has 17 aromatic rings. The summed E-state index contributed by atoms with van der Waals surface area (Å²) in [6.45, 7) is 23.7. The van der Waals surface area contributed by atoms with Crippen molar-refractivity contribution in [2.45, 2.75) is 158 Å². The number of alkyl halides is 2. The minimum Gasteiger partial charge on any atom is -0.341 e. The maximum atomic E-state index is 13.7. The Hall–Kier alpha value is -14.8. The maximum Gasteiger partial charge on any atom is 0.331 e. The van der Waals surface area contributed by atoms with E-state index in [0.29, 0.717) is 113 Å². The van der Waals surface area contributed by atoms with E-state index in [1.165, 1.54) is 48.8 Å². The van der Waals surface area contributed by atoms with Crippen molar-refractivity contribution in [1.82, 2.24) is 79.4 Å². The monoisotopic (exact) mass is 1910 g/mol. The fraction of sp³-hybridized carbons (Fsp3) is 0.321. The standard InChI is InChI=1S/C30H37N5O2.C27H28N6O2.C26H28F2N4OS.C26H30N6O2/c1-30(2,3)20-35-25-19-34(18-21-13-15-22(16-14-21)24-12-9-17-32(24)4)27(31-23-10-7-6-8-11-23)26(25)28(36)33(5)29(35)37;1-19(2)16-32-23-18-31(17-20-10-12-22(13-11-20)33-15-7-14-28-33)25(29-21-8-5-4-6-9-21)24(23)26(34)30(3)27(32)35;1-17(2)14-32-21-16-31(15-18-10-12-19(13-11-18)26(3,27)28)23(29-20-8-6-5-7-9-20)22(21)24(34)30(4)25(32)33;1-18-11-12-19(14-27-18)15-31-17-22-23(24(31)28-20-8-5-4-6-9-20)25(33)30(3)26(34)32(22)16-21-10-7-13-29(21)2/h6-8,10-11,13-16,19,24,31H,9,12,17-18,20H2,1-5H3;4-15,18-19,29H,16-17H2,1-3H3;5-13,16-17,29H,14-15H2,1-4H3;4-6,8-9,11-12,14,17,21,28H,7,10,13,15-16H2,1-3H3. The van der Waals surface area contributed by atoms with Crippen molar-refractivity contribution >= 4 is 102 Å². The van der Waals surface area contributed by atoms with Gasteiger partial charge in [0.15, 0.2) is 0 Å². The average Bonchev–Trinajstić information content (AvgIpc) is 1.61. The Bertz CT molecular complexity index is 7810. The molecule has 28 nitrogen and oxygen atoms in total. The second-order valence-corrected chi connectivity index (χ2v) is 39.3. The van der Waals surface area contributed by atoms with Crippen molar-refractivity contribution in [2.75, 3.05) is 48.5 Å². The Labute approximate surface area is 815 Å². The Morgan fingerprint density at radius 2 is 0.793 bits per heavy atom. The van der Waals surface area contributed by atoms with Gasteiger partial charge in [0.2, 0.25) is 0 Å². The van der Waals surface area contributed by atoms with Gasteiger partial charge in [-0.2, -0.15) is 5.10 Å². The Kier molecular flexibility index (Phi) is 29.4. The van der Waals surface area contributed by atoms with Crippen LogP contribution in [0.25, 0.3) is 49.3 Å². The molecular formula is C109H123F2N21O7S. The van der Waals surface area contributed by atoms with Gasteiger partial charge >= 0.3 is 22.8 Å². The maximum absolute atomic E-state index is 13.7. The number of benzene rings is 7. The number of fused-ring (bicyclic) bond motifs is 4. The number of hydrogen-bond acceptors (Lipinski definition) is 16. The third-order valence-corrected chi connectivity index (χ3v) is 26.4. The van der Waals surface area contributed by atoms with E-state index < -0.39 is 5.92 Å². The zero-order chi connectivity index (χ0) is 99.3. The zero-order valence-electron chi connectivity index (χ0n) is 82.1. The zero-order valence-corrected chi connectivity index (χ0v) is 82.9. The van der Waals surface area contributed by atoms with E-state index >= 15 is 0 Å².